The van der Waals surface area contributed by atoms with E-state index < -0.39 is 0 Å². The van der Waals surface area contributed by atoms with E-state index in [-0.39, 0.29) is 6.04 Å². The molecule has 8 heteroatoms. The lowest BCUT2D eigenvalue weighted by Gasteiger charge is -2.18. The summed E-state index contributed by atoms with van der Waals surface area (Å²) in [6.45, 7) is 7.29. The maximum absolute atomic E-state index is 6.32. The van der Waals surface area contributed by atoms with E-state index in [4.69, 9.17) is 15.2 Å². The lowest BCUT2D eigenvalue weighted by atomic mass is 10.1. The molecule has 0 bridgehead atoms. The Morgan fingerprint density at radius 3 is 2.44 bits per heavy atom. The fourth-order valence-corrected chi connectivity index (χ4v) is 4.50. The second-order valence-electron chi connectivity index (χ2n) is 8.09. The molecule has 34 heavy (non-hydrogen) atoms. The predicted molar refractivity (Wildman–Crippen MR) is 137 cm³/mol. The SMILES string of the molecule is CCOc1ccc(-n2c(C)c3c(N)nnc(NCC(NC)c4ccccc4)c3c2C)c(OC)c1. The topological polar surface area (TPSA) is 99.3 Å². The Bertz CT molecular complexity index is 1290. The van der Waals surface area contributed by atoms with Crippen LogP contribution in [-0.4, -0.2) is 42.1 Å². The van der Waals surface area contributed by atoms with Gasteiger partial charge in [-0.3, -0.25) is 0 Å². The highest BCUT2D eigenvalue weighted by molar-refractivity contribution is 6.02. The van der Waals surface area contributed by atoms with Crippen molar-refractivity contribution >= 4 is 22.4 Å². The Labute approximate surface area is 200 Å². The third-order valence-corrected chi connectivity index (χ3v) is 6.12. The smallest absolute Gasteiger partial charge is 0.158 e. The molecular formula is C26H32N6O2. The zero-order valence-electron chi connectivity index (χ0n) is 20.3. The molecule has 4 aromatic rings. The van der Waals surface area contributed by atoms with Crippen LogP contribution >= 0.6 is 0 Å². The Morgan fingerprint density at radius 1 is 1.03 bits per heavy atom. The van der Waals surface area contributed by atoms with Gasteiger partial charge in [0.05, 0.1) is 30.2 Å². The molecule has 0 radical (unpaired) electrons. The molecule has 178 valence electrons. The Morgan fingerprint density at radius 2 is 1.76 bits per heavy atom. The zero-order chi connectivity index (χ0) is 24.2. The van der Waals surface area contributed by atoms with Crippen molar-refractivity contribution in [3.63, 3.8) is 0 Å². The van der Waals surface area contributed by atoms with Crippen LogP contribution in [0.15, 0.2) is 48.5 Å². The summed E-state index contributed by atoms with van der Waals surface area (Å²) < 4.78 is 13.5. The molecule has 0 aliphatic carbocycles. The van der Waals surface area contributed by atoms with Crippen LogP contribution in [0.1, 0.15) is 29.9 Å². The van der Waals surface area contributed by atoms with Gasteiger partial charge < -0.3 is 30.4 Å². The number of fused-ring (bicyclic) bond motifs is 1. The molecule has 1 unspecified atom stereocenters. The second kappa shape index (κ2) is 10.0. The van der Waals surface area contributed by atoms with Gasteiger partial charge in [0.15, 0.2) is 11.6 Å². The monoisotopic (exact) mass is 460 g/mol. The number of likely N-dealkylation sites (N-methyl/N-ethyl adjacent to an activating group) is 1. The number of nitrogens with two attached hydrogens (primary N) is 1. The van der Waals surface area contributed by atoms with Crippen molar-refractivity contribution in [2.24, 2.45) is 0 Å². The number of methoxy groups -OCH3 is 1. The number of nitrogens with one attached hydrogen (secondary N) is 2. The summed E-state index contributed by atoms with van der Waals surface area (Å²) in [7, 11) is 3.61. The summed E-state index contributed by atoms with van der Waals surface area (Å²) in [5, 5.41) is 17.4. The number of rotatable bonds is 9. The summed E-state index contributed by atoms with van der Waals surface area (Å²) >= 11 is 0. The van der Waals surface area contributed by atoms with Gasteiger partial charge in [0.25, 0.3) is 0 Å². The lowest BCUT2D eigenvalue weighted by molar-refractivity contribution is 0.336. The molecule has 1 atom stereocenters. The van der Waals surface area contributed by atoms with Gasteiger partial charge in [0.2, 0.25) is 0 Å². The predicted octanol–water partition coefficient (Wildman–Crippen LogP) is 4.40. The molecule has 0 saturated carbocycles. The van der Waals surface area contributed by atoms with Gasteiger partial charge in [-0.2, -0.15) is 0 Å². The largest absolute Gasteiger partial charge is 0.494 e. The molecule has 2 aromatic carbocycles. The minimum Gasteiger partial charge on any atom is -0.494 e. The number of nitrogens with zero attached hydrogens (tertiary/aromatic N) is 3. The second-order valence-corrected chi connectivity index (χ2v) is 8.09. The number of hydrogen-bond donors (Lipinski definition) is 3. The first-order chi connectivity index (χ1) is 16.5. The van der Waals surface area contributed by atoms with Crippen LogP contribution in [0.4, 0.5) is 11.6 Å². The van der Waals surface area contributed by atoms with E-state index >= 15 is 0 Å². The lowest BCUT2D eigenvalue weighted by Crippen LogP contribution is -2.25. The fraction of sp³-hybridized carbons (Fsp3) is 0.308. The van der Waals surface area contributed by atoms with Gasteiger partial charge in [-0.1, -0.05) is 30.3 Å². The summed E-state index contributed by atoms with van der Waals surface area (Å²) in [4.78, 5) is 0. The van der Waals surface area contributed by atoms with Crippen LogP contribution in [0, 0.1) is 13.8 Å². The molecule has 0 spiro atoms. The van der Waals surface area contributed by atoms with Gasteiger partial charge in [0, 0.05) is 30.0 Å². The van der Waals surface area contributed by atoms with E-state index in [1.54, 1.807) is 7.11 Å². The zero-order valence-corrected chi connectivity index (χ0v) is 20.3. The third-order valence-electron chi connectivity index (χ3n) is 6.12. The van der Waals surface area contributed by atoms with E-state index in [0.29, 0.717) is 30.5 Å². The van der Waals surface area contributed by atoms with Crippen LogP contribution in [0.3, 0.4) is 0 Å². The molecule has 2 heterocycles. The van der Waals surface area contributed by atoms with Gasteiger partial charge in [0.1, 0.15) is 11.5 Å². The number of aryl methyl sites for hydroxylation is 2. The highest BCUT2D eigenvalue weighted by Crippen LogP contribution is 2.38. The summed E-state index contributed by atoms with van der Waals surface area (Å²) in [6.07, 6.45) is 0. The van der Waals surface area contributed by atoms with E-state index in [9.17, 15) is 0 Å². The van der Waals surface area contributed by atoms with Crippen molar-refractivity contribution in [3.05, 3.63) is 65.5 Å². The number of anilines is 2. The molecule has 2 aromatic heterocycles. The maximum Gasteiger partial charge on any atom is 0.158 e. The first-order valence-corrected chi connectivity index (χ1v) is 11.4. The first-order valence-electron chi connectivity index (χ1n) is 11.4. The average Bonchev–Trinajstić information content (AvgIpc) is 3.12. The van der Waals surface area contributed by atoms with Gasteiger partial charge in [-0.15, -0.1) is 10.2 Å². The Kier molecular flexibility index (Phi) is 6.88. The molecular weight excluding hydrogens is 428 g/mol. The van der Waals surface area contributed by atoms with Crippen LogP contribution < -0.4 is 25.8 Å². The number of aromatic nitrogens is 3. The Hall–Kier alpha value is -3.78. The summed E-state index contributed by atoms with van der Waals surface area (Å²) in [5.41, 5.74) is 10.4. The quantitative estimate of drug-likeness (QED) is 0.340. The number of benzene rings is 2. The summed E-state index contributed by atoms with van der Waals surface area (Å²) in [5.74, 6) is 2.58. The van der Waals surface area contributed by atoms with E-state index in [2.05, 4.69) is 44.5 Å². The minimum absolute atomic E-state index is 0.116. The molecule has 0 amide bonds. The summed E-state index contributed by atoms with van der Waals surface area (Å²) in [6, 6.07) is 16.3. The molecule has 4 N–H and O–H groups in total. The fourth-order valence-electron chi connectivity index (χ4n) is 4.50. The van der Waals surface area contributed by atoms with Gasteiger partial charge in [-0.05, 0) is 45.5 Å². The molecule has 4 rings (SSSR count). The third kappa shape index (κ3) is 4.24. The highest BCUT2D eigenvalue weighted by atomic mass is 16.5. The number of ether oxygens (including phenoxy) is 2. The normalized spacial score (nSPS) is 12.0. The molecule has 8 nitrogen and oxygen atoms in total. The average molecular weight is 461 g/mol. The van der Waals surface area contributed by atoms with Crippen molar-refractivity contribution in [1.82, 2.24) is 20.1 Å². The van der Waals surface area contributed by atoms with Crippen LogP contribution in [0.5, 0.6) is 11.5 Å². The van der Waals surface area contributed by atoms with E-state index in [1.807, 2.05) is 57.3 Å². The van der Waals surface area contributed by atoms with Crippen molar-refractivity contribution in [2.45, 2.75) is 26.8 Å². The number of nitrogen functional groups attached to an aromatic ring is 1. The molecule has 0 aliphatic heterocycles. The van der Waals surface area contributed by atoms with Crippen molar-refractivity contribution < 1.29 is 9.47 Å². The van der Waals surface area contributed by atoms with Crippen LogP contribution in [0.2, 0.25) is 0 Å². The van der Waals surface area contributed by atoms with Gasteiger partial charge in [-0.25, -0.2) is 0 Å². The standard InChI is InChI=1S/C26H32N6O2/c1-6-34-19-12-13-21(22(14-19)33-5)32-16(2)23-24(17(32)3)26(31-30-25(23)27)29-15-20(28-4)18-10-8-7-9-11-18/h7-14,20,28H,6,15H2,1-5H3,(H2,27,30)(H,29,31). The minimum atomic E-state index is 0.116. The van der Waals surface area contributed by atoms with Crippen molar-refractivity contribution in [2.75, 3.05) is 38.4 Å². The van der Waals surface area contributed by atoms with Crippen LogP contribution in [-0.2, 0) is 0 Å². The molecule has 0 aliphatic rings. The highest BCUT2D eigenvalue weighted by Gasteiger charge is 2.22. The number of hydrogen-bond acceptors (Lipinski definition) is 7. The Balaban J connectivity index is 1.78. The van der Waals surface area contributed by atoms with E-state index in [1.165, 1.54) is 5.56 Å². The van der Waals surface area contributed by atoms with E-state index in [0.717, 1.165) is 33.6 Å². The van der Waals surface area contributed by atoms with Crippen molar-refractivity contribution in [3.8, 4) is 17.2 Å². The first kappa shape index (κ1) is 23.4. The van der Waals surface area contributed by atoms with Crippen LogP contribution in [0.25, 0.3) is 16.5 Å². The van der Waals surface area contributed by atoms with Gasteiger partial charge >= 0.3 is 0 Å². The maximum atomic E-state index is 6.32. The van der Waals surface area contributed by atoms with Crippen molar-refractivity contribution in [1.29, 1.82) is 0 Å². The molecule has 0 fully saturated rings. The molecule has 0 saturated heterocycles.